The molecular formula is C22H19N3OS2. The summed E-state index contributed by atoms with van der Waals surface area (Å²) in [7, 11) is 0. The molecule has 2 heterocycles. The highest BCUT2D eigenvalue weighted by atomic mass is 32.2. The number of fused-ring (bicyclic) bond motifs is 1. The zero-order chi connectivity index (χ0) is 19.3. The number of thiophene rings is 1. The smallest absolute Gasteiger partial charge is 0.230 e. The minimum absolute atomic E-state index is 0.00571. The Morgan fingerprint density at radius 1 is 1.04 bits per heavy atom. The average molecular weight is 406 g/mol. The number of rotatable bonds is 6. The van der Waals surface area contributed by atoms with E-state index in [2.05, 4.69) is 34.3 Å². The van der Waals surface area contributed by atoms with Crippen LogP contribution in [0.3, 0.4) is 0 Å². The number of carbonyl (C=O) groups is 1. The molecule has 1 N–H and O–H groups in total. The van der Waals surface area contributed by atoms with E-state index in [1.807, 2.05) is 48.5 Å². The summed E-state index contributed by atoms with van der Waals surface area (Å²) in [4.78, 5) is 23.4. The number of carbonyl (C=O) groups excluding carboxylic acids is 1. The van der Waals surface area contributed by atoms with Gasteiger partial charge in [0, 0.05) is 17.0 Å². The molecule has 0 saturated heterocycles. The van der Waals surface area contributed by atoms with Gasteiger partial charge in [-0.25, -0.2) is 9.97 Å². The second-order valence-corrected chi connectivity index (χ2v) is 8.48. The first kappa shape index (κ1) is 18.7. The molecule has 4 rings (SSSR count). The van der Waals surface area contributed by atoms with Crippen molar-refractivity contribution in [3.8, 4) is 11.1 Å². The highest BCUT2D eigenvalue weighted by molar-refractivity contribution is 8.00. The van der Waals surface area contributed by atoms with Crippen molar-refractivity contribution in [2.24, 2.45) is 0 Å². The largest absolute Gasteiger partial charge is 0.351 e. The summed E-state index contributed by atoms with van der Waals surface area (Å²) < 4.78 is 0. The second-order valence-electron chi connectivity index (χ2n) is 6.31. The summed E-state index contributed by atoms with van der Waals surface area (Å²) in [5, 5.41) is 4.86. The van der Waals surface area contributed by atoms with Crippen LogP contribution in [0.1, 0.15) is 10.4 Å². The summed E-state index contributed by atoms with van der Waals surface area (Å²) in [6.45, 7) is 2.64. The van der Waals surface area contributed by atoms with Crippen LogP contribution < -0.4 is 5.32 Å². The molecule has 4 nitrogen and oxygen atoms in total. The molecule has 6 heteroatoms. The summed E-state index contributed by atoms with van der Waals surface area (Å²) in [6.07, 6.45) is 1.58. The number of benzene rings is 2. The number of nitrogens with one attached hydrogen (secondary N) is 1. The topological polar surface area (TPSA) is 54.9 Å². The van der Waals surface area contributed by atoms with Crippen LogP contribution in [0.2, 0.25) is 0 Å². The lowest BCUT2D eigenvalue weighted by molar-refractivity contribution is -0.118. The number of amides is 1. The number of nitrogens with zero attached hydrogens (tertiary/aromatic N) is 2. The Hall–Kier alpha value is -2.70. The molecule has 0 radical (unpaired) electrons. The van der Waals surface area contributed by atoms with Crippen molar-refractivity contribution < 1.29 is 4.79 Å². The first-order valence-electron chi connectivity index (χ1n) is 8.95. The molecule has 0 fully saturated rings. The Morgan fingerprint density at radius 3 is 2.50 bits per heavy atom. The van der Waals surface area contributed by atoms with Crippen molar-refractivity contribution in [3.63, 3.8) is 0 Å². The summed E-state index contributed by atoms with van der Waals surface area (Å²) >= 11 is 3.12. The van der Waals surface area contributed by atoms with E-state index in [0.717, 1.165) is 31.9 Å². The van der Waals surface area contributed by atoms with Gasteiger partial charge in [0.05, 0.1) is 11.1 Å². The van der Waals surface area contributed by atoms with Crippen LogP contribution in [0.25, 0.3) is 21.3 Å². The zero-order valence-electron chi connectivity index (χ0n) is 15.4. The predicted octanol–water partition coefficient (Wildman–Crippen LogP) is 5.08. The SMILES string of the molecule is Cc1sc2ncnc(SCC(=O)NCc3ccccc3)c2c1-c1ccccc1. The first-order valence-corrected chi connectivity index (χ1v) is 10.8. The van der Waals surface area contributed by atoms with E-state index in [1.54, 1.807) is 17.7 Å². The van der Waals surface area contributed by atoms with E-state index >= 15 is 0 Å². The van der Waals surface area contributed by atoms with Gasteiger partial charge in [-0.2, -0.15) is 0 Å². The molecule has 0 saturated carbocycles. The fourth-order valence-electron chi connectivity index (χ4n) is 3.06. The van der Waals surface area contributed by atoms with Gasteiger partial charge < -0.3 is 5.32 Å². The minimum Gasteiger partial charge on any atom is -0.351 e. The molecule has 0 atom stereocenters. The molecule has 0 aliphatic carbocycles. The lowest BCUT2D eigenvalue weighted by Crippen LogP contribution is -2.24. The number of thioether (sulfide) groups is 1. The van der Waals surface area contributed by atoms with Crippen molar-refractivity contribution in [1.82, 2.24) is 15.3 Å². The third kappa shape index (κ3) is 4.08. The molecule has 2 aromatic carbocycles. The van der Waals surface area contributed by atoms with Crippen molar-refractivity contribution in [2.75, 3.05) is 5.75 Å². The highest BCUT2D eigenvalue weighted by Crippen LogP contribution is 2.41. The predicted molar refractivity (Wildman–Crippen MR) is 117 cm³/mol. The van der Waals surface area contributed by atoms with Gasteiger partial charge in [0.1, 0.15) is 16.2 Å². The molecule has 4 aromatic rings. The lowest BCUT2D eigenvalue weighted by atomic mass is 10.0. The van der Waals surface area contributed by atoms with Crippen LogP contribution in [0.5, 0.6) is 0 Å². The molecule has 1 amide bonds. The third-order valence-electron chi connectivity index (χ3n) is 4.36. The molecule has 0 aliphatic heterocycles. The van der Waals surface area contributed by atoms with E-state index in [-0.39, 0.29) is 5.91 Å². The standard InChI is InChI=1S/C22H19N3OS2/c1-15-19(17-10-6-3-7-11-17)20-21(24-14-25-22(20)28-15)27-13-18(26)23-12-16-8-4-2-5-9-16/h2-11,14H,12-13H2,1H3,(H,23,26). The Morgan fingerprint density at radius 2 is 1.75 bits per heavy atom. The summed E-state index contributed by atoms with van der Waals surface area (Å²) in [5.41, 5.74) is 3.40. The van der Waals surface area contributed by atoms with E-state index in [4.69, 9.17) is 0 Å². The van der Waals surface area contributed by atoms with E-state index < -0.39 is 0 Å². The number of hydrogen-bond donors (Lipinski definition) is 1. The van der Waals surface area contributed by atoms with Gasteiger partial charge >= 0.3 is 0 Å². The van der Waals surface area contributed by atoms with Crippen molar-refractivity contribution in [3.05, 3.63) is 77.4 Å². The Balaban J connectivity index is 1.53. The van der Waals surface area contributed by atoms with Crippen LogP contribution in [-0.2, 0) is 11.3 Å². The third-order valence-corrected chi connectivity index (χ3v) is 6.37. The van der Waals surface area contributed by atoms with Gasteiger partial charge in [0.2, 0.25) is 5.91 Å². The first-order chi connectivity index (χ1) is 13.7. The Kier molecular flexibility index (Phi) is 5.69. The molecule has 0 aliphatic rings. The fourth-order valence-corrected chi connectivity index (χ4v) is 4.97. The van der Waals surface area contributed by atoms with Crippen LogP contribution in [-0.4, -0.2) is 21.6 Å². The highest BCUT2D eigenvalue weighted by Gasteiger charge is 2.17. The maximum atomic E-state index is 12.3. The van der Waals surface area contributed by atoms with Crippen molar-refractivity contribution in [1.29, 1.82) is 0 Å². The zero-order valence-corrected chi connectivity index (χ0v) is 17.0. The van der Waals surface area contributed by atoms with Gasteiger partial charge in [-0.3, -0.25) is 4.79 Å². The normalized spacial score (nSPS) is 10.9. The maximum absolute atomic E-state index is 12.3. The molecule has 0 spiro atoms. The van der Waals surface area contributed by atoms with Gasteiger partial charge in [-0.05, 0) is 18.1 Å². The van der Waals surface area contributed by atoms with Crippen molar-refractivity contribution in [2.45, 2.75) is 18.5 Å². The van der Waals surface area contributed by atoms with Gasteiger partial charge in [0.25, 0.3) is 0 Å². The van der Waals surface area contributed by atoms with Gasteiger partial charge in [0.15, 0.2) is 0 Å². The van der Waals surface area contributed by atoms with Crippen LogP contribution in [0.15, 0.2) is 72.0 Å². The number of aryl methyl sites for hydroxylation is 1. The van der Waals surface area contributed by atoms with E-state index in [9.17, 15) is 4.79 Å². The molecule has 0 unspecified atom stereocenters. The summed E-state index contributed by atoms with van der Waals surface area (Å²) in [6, 6.07) is 20.2. The molecule has 28 heavy (non-hydrogen) atoms. The Bertz CT molecular complexity index is 1090. The number of hydrogen-bond acceptors (Lipinski definition) is 5. The molecule has 2 aromatic heterocycles. The molecular weight excluding hydrogens is 386 g/mol. The summed E-state index contributed by atoms with van der Waals surface area (Å²) in [5.74, 6) is 0.316. The van der Waals surface area contributed by atoms with E-state index in [0.29, 0.717) is 12.3 Å². The lowest BCUT2D eigenvalue weighted by Gasteiger charge is -2.07. The maximum Gasteiger partial charge on any atom is 0.230 e. The van der Waals surface area contributed by atoms with Crippen LogP contribution >= 0.6 is 23.1 Å². The monoisotopic (exact) mass is 405 g/mol. The van der Waals surface area contributed by atoms with E-state index in [1.165, 1.54) is 16.6 Å². The van der Waals surface area contributed by atoms with Gasteiger partial charge in [-0.1, -0.05) is 72.4 Å². The van der Waals surface area contributed by atoms with Crippen molar-refractivity contribution >= 4 is 39.2 Å². The van der Waals surface area contributed by atoms with Crippen LogP contribution in [0, 0.1) is 6.92 Å². The van der Waals surface area contributed by atoms with Gasteiger partial charge in [-0.15, -0.1) is 11.3 Å². The fraction of sp³-hybridized carbons (Fsp3) is 0.136. The quantitative estimate of drug-likeness (QED) is 0.359. The molecule has 140 valence electrons. The molecule has 0 bridgehead atoms. The van der Waals surface area contributed by atoms with Crippen LogP contribution in [0.4, 0.5) is 0 Å². The second kappa shape index (κ2) is 8.54. The number of aromatic nitrogens is 2. The minimum atomic E-state index is -0.00571. The average Bonchev–Trinajstić information content (AvgIpc) is 3.08. The Labute approximate surface area is 172 Å².